The number of rotatable bonds is 5. The Morgan fingerprint density at radius 2 is 0.967 bits per heavy atom. The molecule has 0 heterocycles. The normalized spacial score (nSPS) is 11.1. The van der Waals surface area contributed by atoms with Crippen molar-refractivity contribution >= 4 is 49.8 Å². The molecule has 0 N–H and O–H groups in total. The molecule has 148 valence electrons. The van der Waals surface area contributed by atoms with Crippen molar-refractivity contribution < 1.29 is 4.79 Å². The third kappa shape index (κ3) is 3.74. The Labute approximate surface area is 186 Å². The number of Topliss-reactive ketones (excluding diaryl/α,β-unsaturated/α-hetero) is 1. The van der Waals surface area contributed by atoms with Crippen LogP contribution in [0.15, 0.2) is 120 Å². The Bertz CT molecular complexity index is 1090. The molecule has 3 heteroatoms. The van der Waals surface area contributed by atoms with Crippen LogP contribution in [-0.4, -0.2) is 11.1 Å². The van der Waals surface area contributed by atoms with Crippen LogP contribution in [-0.2, 0) is 0 Å². The average Bonchev–Trinajstić information content (AvgIpc) is 2.82. The molecule has 0 amide bonds. The molecular formula is C27H22BrOP. The minimum atomic E-state index is -2.32. The van der Waals surface area contributed by atoms with E-state index in [1.54, 1.807) is 0 Å². The van der Waals surface area contributed by atoms with Gasteiger partial charge in [0.25, 0.3) is 0 Å². The monoisotopic (exact) mass is 472 g/mol. The van der Waals surface area contributed by atoms with E-state index in [-0.39, 0.29) is 5.78 Å². The standard InChI is InChI=1S/C27H22BrOP/c1-21(27(29)22-17-19-23(28)20-18-22)30(24-11-5-2-6-12-24,25-13-7-3-8-14-25)26-15-9-4-10-16-26/h2-20H,1H3. The minimum Gasteiger partial charge on any atom is -0.289 e. The van der Waals surface area contributed by atoms with Gasteiger partial charge in [0.2, 0.25) is 0 Å². The van der Waals surface area contributed by atoms with Crippen LogP contribution in [0.3, 0.4) is 0 Å². The molecule has 0 atom stereocenters. The maximum atomic E-state index is 13.8. The fourth-order valence-electron chi connectivity index (χ4n) is 3.95. The summed E-state index contributed by atoms with van der Waals surface area (Å²) in [5, 5.41) is 4.44. The molecule has 0 aliphatic heterocycles. The van der Waals surface area contributed by atoms with Crippen LogP contribution in [0.4, 0.5) is 0 Å². The summed E-state index contributed by atoms with van der Waals surface area (Å²) in [6.07, 6.45) is 0. The number of carbonyl (C=O) groups excluding carboxylic acids is 1. The zero-order chi connectivity index (χ0) is 21.0. The SMILES string of the molecule is CC(C(=O)c1ccc(Br)cc1)=P(c1ccccc1)(c1ccccc1)c1ccccc1. The predicted molar refractivity (Wildman–Crippen MR) is 134 cm³/mol. The number of carbonyl (C=O) groups is 1. The van der Waals surface area contributed by atoms with Gasteiger partial charge in [-0.1, -0.05) is 107 Å². The number of hydrogen-bond acceptors (Lipinski definition) is 1. The smallest absolute Gasteiger partial charge is 0.189 e. The Morgan fingerprint density at radius 3 is 1.33 bits per heavy atom. The second kappa shape index (κ2) is 9.00. The van der Waals surface area contributed by atoms with E-state index in [1.807, 2.05) is 49.4 Å². The second-order valence-corrected chi connectivity index (χ2v) is 11.6. The van der Waals surface area contributed by atoms with Crippen molar-refractivity contribution in [2.75, 3.05) is 0 Å². The highest BCUT2D eigenvalue weighted by atomic mass is 79.9. The lowest BCUT2D eigenvalue weighted by atomic mass is 10.1. The minimum absolute atomic E-state index is 0.0902. The zero-order valence-corrected chi connectivity index (χ0v) is 19.2. The maximum absolute atomic E-state index is 13.8. The van der Waals surface area contributed by atoms with Gasteiger partial charge >= 0.3 is 0 Å². The van der Waals surface area contributed by atoms with Gasteiger partial charge < -0.3 is 0 Å². The van der Waals surface area contributed by atoms with Gasteiger partial charge in [-0.3, -0.25) is 4.79 Å². The quantitative estimate of drug-likeness (QED) is 0.264. The van der Waals surface area contributed by atoms with Gasteiger partial charge in [0.05, 0.1) is 0 Å². The number of halogens is 1. The summed E-state index contributed by atoms with van der Waals surface area (Å²) in [4.78, 5) is 13.8. The summed E-state index contributed by atoms with van der Waals surface area (Å²) < 4.78 is 0.965. The summed E-state index contributed by atoms with van der Waals surface area (Å²) in [7, 11) is 0. The second-order valence-electron chi connectivity index (χ2n) is 7.10. The van der Waals surface area contributed by atoms with E-state index in [2.05, 4.69) is 88.7 Å². The van der Waals surface area contributed by atoms with Crippen LogP contribution in [0.5, 0.6) is 0 Å². The van der Waals surface area contributed by atoms with Crippen molar-refractivity contribution in [1.82, 2.24) is 0 Å². The van der Waals surface area contributed by atoms with E-state index >= 15 is 0 Å². The Balaban J connectivity index is 2.13. The molecule has 4 rings (SSSR count). The third-order valence-corrected chi connectivity index (χ3v) is 10.3. The first-order valence-electron chi connectivity index (χ1n) is 9.84. The lowest BCUT2D eigenvalue weighted by Gasteiger charge is -2.31. The largest absolute Gasteiger partial charge is 0.289 e. The van der Waals surface area contributed by atoms with Gasteiger partial charge in [0.1, 0.15) is 0 Å². The molecule has 4 aromatic carbocycles. The first-order chi connectivity index (χ1) is 14.6. The van der Waals surface area contributed by atoms with Crippen molar-refractivity contribution in [2.24, 2.45) is 0 Å². The molecule has 0 spiro atoms. The molecule has 1 nitrogen and oxygen atoms in total. The van der Waals surface area contributed by atoms with Crippen LogP contribution in [0.2, 0.25) is 0 Å². The first-order valence-corrected chi connectivity index (χ1v) is 12.4. The number of hydrogen-bond donors (Lipinski definition) is 0. The van der Waals surface area contributed by atoms with Gasteiger partial charge in [-0.25, -0.2) is 0 Å². The van der Waals surface area contributed by atoms with E-state index in [9.17, 15) is 4.79 Å². The van der Waals surface area contributed by atoms with E-state index in [4.69, 9.17) is 0 Å². The van der Waals surface area contributed by atoms with Crippen LogP contribution in [0, 0.1) is 0 Å². The topological polar surface area (TPSA) is 17.1 Å². The maximum Gasteiger partial charge on any atom is 0.189 e. The summed E-state index contributed by atoms with van der Waals surface area (Å²) in [6, 6.07) is 39.1. The van der Waals surface area contributed by atoms with Gasteiger partial charge in [0, 0.05) is 15.3 Å². The fourth-order valence-corrected chi connectivity index (χ4v) is 8.56. The van der Waals surface area contributed by atoms with Crippen LogP contribution in [0.1, 0.15) is 17.3 Å². The van der Waals surface area contributed by atoms with Crippen molar-refractivity contribution in [2.45, 2.75) is 6.92 Å². The van der Waals surface area contributed by atoms with E-state index in [1.165, 1.54) is 15.9 Å². The molecule has 0 aliphatic rings. The highest BCUT2D eigenvalue weighted by molar-refractivity contribution is 9.10. The van der Waals surface area contributed by atoms with Crippen LogP contribution in [0.25, 0.3) is 0 Å². The zero-order valence-electron chi connectivity index (χ0n) is 16.7. The molecule has 0 bridgehead atoms. The Hall–Kier alpha value is -2.67. The van der Waals surface area contributed by atoms with Crippen molar-refractivity contribution in [3.63, 3.8) is 0 Å². The first kappa shape index (κ1) is 20.6. The predicted octanol–water partition coefficient (Wildman–Crippen LogP) is 5.82. The average molecular weight is 473 g/mol. The number of benzene rings is 4. The van der Waals surface area contributed by atoms with Crippen molar-refractivity contribution in [3.05, 3.63) is 125 Å². The van der Waals surface area contributed by atoms with Crippen molar-refractivity contribution in [1.29, 1.82) is 0 Å². The van der Waals surface area contributed by atoms with Crippen LogP contribution >= 0.6 is 22.8 Å². The van der Waals surface area contributed by atoms with Gasteiger partial charge in [0.15, 0.2) is 5.78 Å². The molecule has 4 aromatic rings. The molecule has 0 aromatic heterocycles. The highest BCUT2D eigenvalue weighted by Crippen LogP contribution is 2.46. The molecule has 0 fully saturated rings. The van der Waals surface area contributed by atoms with E-state index < -0.39 is 6.89 Å². The van der Waals surface area contributed by atoms with E-state index in [0.29, 0.717) is 5.56 Å². The molecule has 30 heavy (non-hydrogen) atoms. The van der Waals surface area contributed by atoms with Gasteiger partial charge in [-0.05, 0) is 54.0 Å². The Kier molecular flexibility index (Phi) is 6.18. The summed E-state index contributed by atoms with van der Waals surface area (Å²) in [5.41, 5.74) is 0.711. The molecule has 0 radical (unpaired) electrons. The van der Waals surface area contributed by atoms with E-state index in [0.717, 1.165) is 9.77 Å². The molecular weight excluding hydrogens is 451 g/mol. The summed E-state index contributed by atoms with van der Waals surface area (Å²) in [5.74, 6) is 0.0902. The molecule has 0 unspecified atom stereocenters. The van der Waals surface area contributed by atoms with Gasteiger partial charge in [-0.2, -0.15) is 0 Å². The van der Waals surface area contributed by atoms with Crippen molar-refractivity contribution in [3.8, 4) is 0 Å². The molecule has 0 saturated heterocycles. The fraction of sp³-hybridized carbons (Fsp3) is 0.0370. The summed E-state index contributed by atoms with van der Waals surface area (Å²) in [6.45, 7) is -0.303. The third-order valence-electron chi connectivity index (χ3n) is 5.37. The van der Waals surface area contributed by atoms with Gasteiger partial charge in [-0.15, -0.1) is 0 Å². The number of ketones is 1. The molecule has 0 saturated carbocycles. The lowest BCUT2D eigenvalue weighted by Crippen LogP contribution is -2.32. The molecule has 0 aliphatic carbocycles. The Morgan fingerprint density at radius 1 is 0.600 bits per heavy atom. The lowest BCUT2D eigenvalue weighted by molar-refractivity contribution is 0.106. The highest BCUT2D eigenvalue weighted by Gasteiger charge is 2.30. The van der Waals surface area contributed by atoms with Crippen LogP contribution < -0.4 is 15.9 Å². The summed E-state index contributed by atoms with van der Waals surface area (Å²) >= 11 is 3.47.